The molecule has 0 heterocycles. The lowest BCUT2D eigenvalue weighted by Gasteiger charge is -2.08. The number of amides is 1. The Bertz CT molecular complexity index is 932. The summed E-state index contributed by atoms with van der Waals surface area (Å²) in [6, 6.07) is 14.2. The molecular formula is C21H18Cl2N2O3. The molecule has 2 aromatic carbocycles. The SMILES string of the molecule is Cc1ccc(/C=C(\C#N)C(=O)OCC(=O)NCCc2ccc(Cl)cc2Cl)cc1. The van der Waals surface area contributed by atoms with E-state index < -0.39 is 18.5 Å². The molecule has 1 N–H and O–H groups in total. The number of nitrogens with one attached hydrogen (secondary N) is 1. The molecule has 0 unspecified atom stereocenters. The van der Waals surface area contributed by atoms with Crippen LogP contribution in [0.5, 0.6) is 0 Å². The predicted molar refractivity (Wildman–Crippen MR) is 109 cm³/mol. The van der Waals surface area contributed by atoms with E-state index in [9.17, 15) is 9.59 Å². The van der Waals surface area contributed by atoms with Crippen LogP contribution in [0, 0.1) is 18.3 Å². The molecule has 0 bridgehead atoms. The van der Waals surface area contributed by atoms with Crippen molar-refractivity contribution in [1.82, 2.24) is 5.32 Å². The molecule has 1 amide bonds. The second-order valence-corrected chi connectivity index (χ2v) is 6.84. The first kappa shape index (κ1) is 21.5. The van der Waals surface area contributed by atoms with Gasteiger partial charge in [-0.25, -0.2) is 4.79 Å². The van der Waals surface area contributed by atoms with Crippen LogP contribution in [0.1, 0.15) is 16.7 Å². The summed E-state index contributed by atoms with van der Waals surface area (Å²) < 4.78 is 4.91. The van der Waals surface area contributed by atoms with Gasteiger partial charge in [-0.05, 0) is 42.7 Å². The Hall–Kier alpha value is -2.81. The molecule has 0 aromatic heterocycles. The summed E-state index contributed by atoms with van der Waals surface area (Å²) in [5.41, 5.74) is 2.43. The molecule has 7 heteroatoms. The zero-order chi connectivity index (χ0) is 20.5. The van der Waals surface area contributed by atoms with Crippen molar-refractivity contribution in [3.05, 3.63) is 74.8 Å². The van der Waals surface area contributed by atoms with Gasteiger partial charge in [-0.15, -0.1) is 0 Å². The molecule has 0 saturated carbocycles. The van der Waals surface area contributed by atoms with Gasteiger partial charge in [-0.1, -0.05) is 59.1 Å². The van der Waals surface area contributed by atoms with Crippen molar-refractivity contribution in [3.63, 3.8) is 0 Å². The summed E-state index contributed by atoms with van der Waals surface area (Å²) in [4.78, 5) is 23.8. The third kappa shape index (κ3) is 6.73. The van der Waals surface area contributed by atoms with Crippen molar-refractivity contribution in [2.75, 3.05) is 13.2 Å². The van der Waals surface area contributed by atoms with Gasteiger partial charge >= 0.3 is 5.97 Å². The molecule has 0 spiro atoms. The van der Waals surface area contributed by atoms with E-state index in [2.05, 4.69) is 5.32 Å². The highest BCUT2D eigenvalue weighted by Crippen LogP contribution is 2.21. The molecule has 0 saturated heterocycles. The van der Waals surface area contributed by atoms with Gasteiger partial charge in [0, 0.05) is 16.6 Å². The lowest BCUT2D eigenvalue weighted by Crippen LogP contribution is -2.30. The average Bonchev–Trinajstić information content (AvgIpc) is 2.67. The molecule has 144 valence electrons. The summed E-state index contributed by atoms with van der Waals surface area (Å²) in [6.45, 7) is 1.79. The fourth-order valence-corrected chi connectivity index (χ4v) is 2.79. The summed E-state index contributed by atoms with van der Waals surface area (Å²) in [5.74, 6) is -1.31. The average molecular weight is 417 g/mol. The van der Waals surface area contributed by atoms with Crippen molar-refractivity contribution in [3.8, 4) is 6.07 Å². The number of halogens is 2. The largest absolute Gasteiger partial charge is 0.451 e. The lowest BCUT2D eigenvalue weighted by atomic mass is 10.1. The summed E-state index contributed by atoms with van der Waals surface area (Å²) in [5, 5.41) is 12.8. The maximum Gasteiger partial charge on any atom is 0.349 e. The minimum absolute atomic E-state index is 0.176. The molecular weight excluding hydrogens is 399 g/mol. The Labute approximate surface area is 173 Å². The smallest absolute Gasteiger partial charge is 0.349 e. The van der Waals surface area contributed by atoms with Gasteiger partial charge in [-0.2, -0.15) is 5.26 Å². The Balaban J connectivity index is 1.81. The molecule has 0 aliphatic carbocycles. The second kappa shape index (κ2) is 10.5. The van der Waals surface area contributed by atoms with Gasteiger partial charge in [0.25, 0.3) is 5.91 Å². The molecule has 28 heavy (non-hydrogen) atoms. The first-order valence-electron chi connectivity index (χ1n) is 8.45. The maximum atomic E-state index is 12.0. The monoisotopic (exact) mass is 416 g/mol. The Morgan fingerprint density at radius 3 is 2.54 bits per heavy atom. The van der Waals surface area contributed by atoms with Gasteiger partial charge in [0.2, 0.25) is 0 Å². The number of nitriles is 1. The van der Waals surface area contributed by atoms with Crippen LogP contribution < -0.4 is 5.32 Å². The van der Waals surface area contributed by atoms with Crippen molar-refractivity contribution in [2.24, 2.45) is 0 Å². The Kier molecular flexibility index (Phi) is 8.06. The van der Waals surface area contributed by atoms with E-state index in [0.29, 0.717) is 28.6 Å². The summed E-state index contributed by atoms with van der Waals surface area (Å²) >= 11 is 11.9. The number of hydrogen-bond donors (Lipinski definition) is 1. The first-order chi connectivity index (χ1) is 13.4. The minimum atomic E-state index is -0.848. The van der Waals surface area contributed by atoms with Crippen LogP contribution in [0.4, 0.5) is 0 Å². The molecule has 0 aliphatic rings. The van der Waals surface area contributed by atoms with E-state index in [4.69, 9.17) is 33.2 Å². The molecule has 0 aliphatic heterocycles. The summed E-state index contributed by atoms with van der Waals surface area (Å²) in [6.07, 6.45) is 1.93. The highest BCUT2D eigenvalue weighted by atomic mass is 35.5. The molecule has 2 rings (SSSR count). The van der Waals surface area contributed by atoms with Gasteiger partial charge in [-0.3, -0.25) is 4.79 Å². The third-order valence-electron chi connectivity index (χ3n) is 3.79. The van der Waals surface area contributed by atoms with Crippen LogP contribution in [-0.2, 0) is 20.7 Å². The highest BCUT2D eigenvalue weighted by Gasteiger charge is 2.13. The quantitative estimate of drug-likeness (QED) is 0.418. The Morgan fingerprint density at radius 2 is 1.89 bits per heavy atom. The standard InChI is InChI=1S/C21H18Cl2N2O3/c1-14-2-4-15(5-3-14)10-17(12-24)21(27)28-13-20(26)25-9-8-16-6-7-18(22)11-19(16)23/h2-7,10-11H,8-9,13H2,1H3,(H,25,26)/b17-10+. The van der Waals surface area contributed by atoms with Crippen LogP contribution in [0.3, 0.4) is 0 Å². The van der Waals surface area contributed by atoms with Crippen molar-refractivity contribution in [1.29, 1.82) is 5.26 Å². The third-order valence-corrected chi connectivity index (χ3v) is 4.38. The second-order valence-electron chi connectivity index (χ2n) is 5.99. The maximum absolute atomic E-state index is 12.0. The molecule has 0 atom stereocenters. The van der Waals surface area contributed by atoms with Gasteiger partial charge in [0.05, 0.1) is 0 Å². The van der Waals surface area contributed by atoms with Gasteiger partial charge in [0.1, 0.15) is 11.6 Å². The summed E-state index contributed by atoms with van der Waals surface area (Å²) in [7, 11) is 0. The number of carbonyl (C=O) groups is 2. The number of carbonyl (C=O) groups excluding carboxylic acids is 2. The number of benzene rings is 2. The van der Waals surface area contributed by atoms with Crippen molar-refractivity contribution >= 4 is 41.2 Å². The number of aryl methyl sites for hydroxylation is 1. The zero-order valence-corrected chi connectivity index (χ0v) is 16.7. The van der Waals surface area contributed by atoms with Crippen LogP contribution in [-0.4, -0.2) is 25.0 Å². The normalized spacial score (nSPS) is 10.9. The number of esters is 1. The topological polar surface area (TPSA) is 79.2 Å². The highest BCUT2D eigenvalue weighted by molar-refractivity contribution is 6.35. The van der Waals surface area contributed by atoms with Crippen molar-refractivity contribution in [2.45, 2.75) is 13.3 Å². The van der Waals surface area contributed by atoms with Crippen LogP contribution in [0.15, 0.2) is 48.0 Å². The van der Waals surface area contributed by atoms with E-state index in [0.717, 1.165) is 11.1 Å². The predicted octanol–water partition coefficient (Wildman–Crippen LogP) is 4.11. The molecule has 0 radical (unpaired) electrons. The molecule has 2 aromatic rings. The zero-order valence-electron chi connectivity index (χ0n) is 15.2. The number of nitrogens with zero attached hydrogens (tertiary/aromatic N) is 1. The first-order valence-corrected chi connectivity index (χ1v) is 9.21. The van der Waals surface area contributed by atoms with Crippen LogP contribution in [0.2, 0.25) is 10.0 Å². The lowest BCUT2D eigenvalue weighted by molar-refractivity contribution is -0.144. The molecule has 5 nitrogen and oxygen atoms in total. The fourth-order valence-electron chi connectivity index (χ4n) is 2.29. The Morgan fingerprint density at radius 1 is 1.18 bits per heavy atom. The van der Waals surface area contributed by atoms with Crippen LogP contribution in [0.25, 0.3) is 6.08 Å². The minimum Gasteiger partial charge on any atom is -0.451 e. The van der Waals surface area contributed by atoms with Gasteiger partial charge in [0.15, 0.2) is 6.61 Å². The molecule has 0 fully saturated rings. The van der Waals surface area contributed by atoms with E-state index >= 15 is 0 Å². The van der Waals surface area contributed by atoms with E-state index in [1.54, 1.807) is 36.4 Å². The number of rotatable bonds is 7. The fraction of sp³-hybridized carbons (Fsp3) is 0.190. The van der Waals surface area contributed by atoms with E-state index in [-0.39, 0.29) is 5.57 Å². The van der Waals surface area contributed by atoms with E-state index in [1.807, 2.05) is 19.1 Å². The van der Waals surface area contributed by atoms with Gasteiger partial charge < -0.3 is 10.1 Å². The van der Waals surface area contributed by atoms with E-state index in [1.165, 1.54) is 6.08 Å². The van der Waals surface area contributed by atoms with Crippen LogP contribution >= 0.6 is 23.2 Å². The number of ether oxygens (including phenoxy) is 1. The van der Waals surface area contributed by atoms with Crippen molar-refractivity contribution < 1.29 is 14.3 Å². The number of hydrogen-bond acceptors (Lipinski definition) is 4.